The van der Waals surface area contributed by atoms with Crippen LogP contribution in [0, 0.1) is 0 Å². The molecule has 0 bridgehead atoms. The van der Waals surface area contributed by atoms with E-state index in [1.807, 2.05) is 54.5 Å². The van der Waals surface area contributed by atoms with Gasteiger partial charge in [-0.1, -0.05) is 24.3 Å². The Morgan fingerprint density at radius 1 is 1.16 bits per heavy atom. The van der Waals surface area contributed by atoms with Gasteiger partial charge in [0.15, 0.2) is 6.29 Å². The van der Waals surface area contributed by atoms with Gasteiger partial charge in [-0.2, -0.15) is 4.98 Å². The van der Waals surface area contributed by atoms with Crippen LogP contribution in [-0.4, -0.2) is 61.0 Å². The number of hydrogen-bond acceptors (Lipinski definition) is 8. The molecule has 0 fully saturated rings. The average molecular weight is 422 g/mol. The number of methoxy groups -OCH3 is 2. The summed E-state index contributed by atoms with van der Waals surface area (Å²) in [5.74, 6) is 1.54. The Bertz CT molecular complexity index is 1010. The van der Waals surface area contributed by atoms with E-state index < -0.39 is 6.29 Å². The first kappa shape index (κ1) is 21.2. The van der Waals surface area contributed by atoms with E-state index in [0.29, 0.717) is 24.7 Å². The molecule has 1 aromatic carbocycles. The number of nitrogens with zero attached hydrogens (tertiary/aromatic N) is 5. The molecule has 31 heavy (non-hydrogen) atoms. The molecule has 0 radical (unpaired) electrons. The second-order valence-corrected chi connectivity index (χ2v) is 7.41. The van der Waals surface area contributed by atoms with E-state index in [-0.39, 0.29) is 0 Å². The third-order valence-corrected chi connectivity index (χ3v) is 5.44. The zero-order valence-electron chi connectivity index (χ0n) is 18.0. The fourth-order valence-corrected chi connectivity index (χ4v) is 3.69. The highest BCUT2D eigenvalue weighted by atomic mass is 16.6. The molecule has 3 aromatic rings. The molecule has 1 unspecified atom stereocenters. The van der Waals surface area contributed by atoms with E-state index >= 15 is 0 Å². The summed E-state index contributed by atoms with van der Waals surface area (Å²) in [5, 5.41) is 9.93. The molecular weight excluding hydrogens is 394 g/mol. The molecule has 3 heterocycles. The molecule has 0 saturated heterocycles. The number of aliphatic hydroxyl groups is 1. The van der Waals surface area contributed by atoms with Crippen LogP contribution >= 0.6 is 0 Å². The highest BCUT2D eigenvalue weighted by molar-refractivity contribution is 5.76. The Kier molecular flexibility index (Phi) is 6.41. The lowest BCUT2D eigenvalue weighted by Gasteiger charge is -2.22. The van der Waals surface area contributed by atoms with Crippen LogP contribution in [0.3, 0.4) is 0 Å². The largest absolute Gasteiger partial charge is 0.383 e. The number of hydrogen-bond donors (Lipinski definition) is 1. The van der Waals surface area contributed by atoms with Crippen molar-refractivity contribution in [2.24, 2.45) is 0 Å². The monoisotopic (exact) mass is 421 g/mol. The van der Waals surface area contributed by atoms with Gasteiger partial charge < -0.3 is 24.4 Å². The van der Waals surface area contributed by atoms with Gasteiger partial charge in [-0.25, -0.2) is 4.98 Å². The third-order valence-electron chi connectivity index (χ3n) is 5.44. The summed E-state index contributed by atoms with van der Waals surface area (Å²) in [6.07, 6.45) is 3.52. The number of aromatic nitrogens is 3. The lowest BCUT2D eigenvalue weighted by molar-refractivity contribution is -0.0769. The van der Waals surface area contributed by atoms with Crippen molar-refractivity contribution in [2.45, 2.75) is 12.7 Å². The van der Waals surface area contributed by atoms with Crippen molar-refractivity contribution in [3.8, 4) is 11.3 Å². The minimum Gasteiger partial charge on any atom is -0.383 e. The molecule has 8 heteroatoms. The Hall–Kier alpha value is -3.07. The Morgan fingerprint density at radius 2 is 1.97 bits per heavy atom. The summed E-state index contributed by atoms with van der Waals surface area (Å²) >= 11 is 0. The first-order chi connectivity index (χ1) is 15.1. The van der Waals surface area contributed by atoms with Crippen molar-refractivity contribution in [1.29, 1.82) is 0 Å². The molecule has 1 aliphatic heterocycles. The van der Waals surface area contributed by atoms with Crippen molar-refractivity contribution < 1.29 is 14.6 Å². The molecule has 1 N–H and O–H groups in total. The molecule has 0 amide bonds. The quantitative estimate of drug-likeness (QED) is 0.556. The van der Waals surface area contributed by atoms with Gasteiger partial charge in [-0.15, -0.1) is 0 Å². The molecule has 1 aliphatic rings. The normalized spacial score (nSPS) is 13.9. The van der Waals surface area contributed by atoms with Gasteiger partial charge in [0.1, 0.15) is 5.82 Å². The second-order valence-electron chi connectivity index (χ2n) is 7.41. The van der Waals surface area contributed by atoms with Gasteiger partial charge in [0.2, 0.25) is 5.95 Å². The minimum absolute atomic E-state index is 0.586. The third kappa shape index (κ3) is 4.36. The molecule has 2 aromatic heterocycles. The number of anilines is 3. The first-order valence-electron chi connectivity index (χ1n) is 10.2. The number of ether oxygens (including phenoxy) is 2. The van der Waals surface area contributed by atoms with Gasteiger partial charge in [-0.3, -0.25) is 4.98 Å². The molecule has 8 nitrogen and oxygen atoms in total. The van der Waals surface area contributed by atoms with Crippen LogP contribution in [0.2, 0.25) is 0 Å². The van der Waals surface area contributed by atoms with Gasteiger partial charge >= 0.3 is 0 Å². The number of aliphatic hydroxyl groups excluding tert-OH is 1. The number of rotatable bonds is 8. The number of fused-ring (bicyclic) bond motifs is 1. The van der Waals surface area contributed by atoms with Crippen LogP contribution in [0.1, 0.15) is 17.4 Å². The van der Waals surface area contributed by atoms with Crippen LogP contribution in [0.4, 0.5) is 17.5 Å². The smallest absolute Gasteiger partial charge is 0.227 e. The Morgan fingerprint density at radius 3 is 2.65 bits per heavy atom. The van der Waals surface area contributed by atoms with E-state index in [9.17, 15) is 5.11 Å². The van der Waals surface area contributed by atoms with E-state index in [0.717, 1.165) is 41.3 Å². The predicted molar refractivity (Wildman–Crippen MR) is 120 cm³/mol. The molecule has 0 saturated carbocycles. The molecule has 0 spiro atoms. The summed E-state index contributed by atoms with van der Waals surface area (Å²) < 4.78 is 10.2. The van der Waals surface area contributed by atoms with Crippen molar-refractivity contribution >= 4 is 17.5 Å². The highest BCUT2D eigenvalue weighted by Gasteiger charge is 2.28. The molecule has 1 atom stereocenters. The number of pyridine rings is 1. The zero-order valence-corrected chi connectivity index (χ0v) is 18.0. The van der Waals surface area contributed by atoms with E-state index in [1.165, 1.54) is 7.11 Å². The van der Waals surface area contributed by atoms with E-state index in [1.54, 1.807) is 13.3 Å². The molecular formula is C23H27N5O3. The van der Waals surface area contributed by atoms with Crippen molar-refractivity contribution in [3.63, 3.8) is 0 Å². The van der Waals surface area contributed by atoms with Crippen LogP contribution < -0.4 is 9.80 Å². The topological polar surface area (TPSA) is 83.8 Å². The number of benzene rings is 1. The van der Waals surface area contributed by atoms with E-state index in [4.69, 9.17) is 19.4 Å². The SMILES string of the molecule is COCCN(C)c1nc(-c2ccc(C(O)OC)cc2)c2c(n1)N(c1cccnc1)CC2. The minimum atomic E-state index is -0.943. The summed E-state index contributed by atoms with van der Waals surface area (Å²) in [6.45, 7) is 2.08. The van der Waals surface area contributed by atoms with Crippen molar-refractivity contribution in [3.05, 3.63) is 59.9 Å². The second kappa shape index (κ2) is 9.38. The fourth-order valence-electron chi connectivity index (χ4n) is 3.69. The summed E-state index contributed by atoms with van der Waals surface area (Å²) in [7, 11) is 5.12. The maximum absolute atomic E-state index is 9.93. The molecule has 0 aliphatic carbocycles. The van der Waals surface area contributed by atoms with Crippen LogP contribution in [0.5, 0.6) is 0 Å². The molecule has 162 valence electrons. The summed E-state index contributed by atoms with van der Waals surface area (Å²) in [4.78, 5) is 18.3. The predicted octanol–water partition coefficient (Wildman–Crippen LogP) is 2.95. The lowest BCUT2D eigenvalue weighted by Crippen LogP contribution is -2.25. The first-order valence-corrected chi connectivity index (χ1v) is 10.2. The lowest BCUT2D eigenvalue weighted by atomic mass is 10.0. The zero-order chi connectivity index (χ0) is 21.8. The van der Waals surface area contributed by atoms with Crippen molar-refractivity contribution in [1.82, 2.24) is 15.0 Å². The maximum Gasteiger partial charge on any atom is 0.227 e. The maximum atomic E-state index is 9.93. The standard InChI is InChI=1S/C23H27N5O3/c1-27(13-14-30-2)23-25-20(16-6-8-17(9-7-16)22(29)31-3)19-10-12-28(21(19)26-23)18-5-4-11-24-15-18/h4-9,11,15,22,29H,10,12-14H2,1-3H3. The Balaban J connectivity index is 1.78. The number of likely N-dealkylation sites (N-methyl/N-ethyl adjacent to an activating group) is 1. The van der Waals surface area contributed by atoms with Gasteiger partial charge in [0.05, 0.1) is 24.2 Å². The van der Waals surface area contributed by atoms with Crippen LogP contribution in [0.25, 0.3) is 11.3 Å². The van der Waals surface area contributed by atoms with E-state index in [2.05, 4.69) is 9.88 Å². The van der Waals surface area contributed by atoms with Crippen molar-refractivity contribution in [2.75, 3.05) is 50.8 Å². The highest BCUT2D eigenvalue weighted by Crippen LogP contribution is 2.39. The Labute approximate surface area is 182 Å². The van der Waals surface area contributed by atoms with Gasteiger partial charge in [0, 0.05) is 57.2 Å². The average Bonchev–Trinajstić information content (AvgIpc) is 3.26. The van der Waals surface area contributed by atoms with Gasteiger partial charge in [0.25, 0.3) is 0 Å². The summed E-state index contributed by atoms with van der Waals surface area (Å²) in [5.41, 5.74) is 4.68. The molecule has 4 rings (SSSR count). The fraction of sp³-hybridized carbons (Fsp3) is 0.348. The summed E-state index contributed by atoms with van der Waals surface area (Å²) in [6, 6.07) is 11.6. The van der Waals surface area contributed by atoms with Gasteiger partial charge in [-0.05, 0) is 18.6 Å². The van der Waals surface area contributed by atoms with Crippen LogP contribution in [-0.2, 0) is 15.9 Å². The van der Waals surface area contributed by atoms with Crippen LogP contribution in [0.15, 0.2) is 48.8 Å².